The van der Waals surface area contributed by atoms with E-state index in [1.54, 1.807) is 0 Å². The van der Waals surface area contributed by atoms with Crippen LogP contribution in [0.1, 0.15) is 17.2 Å². The molecule has 0 amide bonds. The average Bonchev–Trinajstić information content (AvgIpc) is 2.47. The van der Waals surface area contributed by atoms with Gasteiger partial charge < -0.3 is 10.8 Å². The second-order valence-electron chi connectivity index (χ2n) is 3.29. The molecule has 0 fully saturated rings. The maximum Gasteiger partial charge on any atom is 0.435 e. The molecule has 1 heterocycles. The van der Waals surface area contributed by atoms with Gasteiger partial charge in [0.05, 0.1) is 6.61 Å². The lowest BCUT2D eigenvalue weighted by atomic mass is 10.0. The number of hydrogen-bond acceptors (Lipinski definition) is 3. The van der Waals surface area contributed by atoms with Crippen LogP contribution in [0.3, 0.4) is 0 Å². The maximum absolute atomic E-state index is 12.6. The minimum Gasteiger partial charge on any atom is -0.396 e. The summed E-state index contributed by atoms with van der Waals surface area (Å²) in [5.74, 6) is -0.863. The van der Waals surface area contributed by atoms with Crippen molar-refractivity contribution in [1.82, 2.24) is 9.78 Å². The number of nitrogens with two attached hydrogens (primary N) is 1. The van der Waals surface area contributed by atoms with Crippen LogP contribution in [-0.4, -0.2) is 28.0 Å². The van der Waals surface area contributed by atoms with E-state index in [9.17, 15) is 13.2 Å². The molecule has 0 spiro atoms. The molecule has 0 aromatic carbocycles. The number of hydrogen-bond donors (Lipinski definition) is 2. The summed E-state index contributed by atoms with van der Waals surface area (Å²) >= 11 is 5.71. The van der Waals surface area contributed by atoms with Crippen LogP contribution in [0.25, 0.3) is 0 Å². The second kappa shape index (κ2) is 4.60. The maximum atomic E-state index is 12.6. The summed E-state index contributed by atoms with van der Waals surface area (Å²) in [5, 5.41) is 12.1. The van der Waals surface area contributed by atoms with Gasteiger partial charge >= 0.3 is 6.18 Å². The van der Waals surface area contributed by atoms with Crippen LogP contribution in [0.4, 0.5) is 13.2 Å². The molecule has 0 aliphatic carbocycles. The molecular weight excluding hydrogens is 247 g/mol. The number of nitrogens with zero attached hydrogens (tertiary/aromatic N) is 2. The Morgan fingerprint density at radius 3 is 2.50 bits per heavy atom. The van der Waals surface area contributed by atoms with E-state index < -0.39 is 24.4 Å². The first-order valence-electron chi connectivity index (χ1n) is 4.43. The molecule has 1 aromatic heterocycles. The standard InChI is InChI=1S/C8H11ClF3N3O/c1-15-7(9)5(4(2-13)3-16)6(14-15)8(10,11)12/h4,16H,2-3,13H2,1H3. The van der Waals surface area contributed by atoms with Crippen LogP contribution in [0.15, 0.2) is 0 Å². The molecule has 0 aliphatic rings. The molecule has 8 heteroatoms. The molecule has 4 nitrogen and oxygen atoms in total. The van der Waals surface area contributed by atoms with E-state index >= 15 is 0 Å². The summed E-state index contributed by atoms with van der Waals surface area (Å²) in [6, 6.07) is 0. The third-order valence-corrected chi connectivity index (χ3v) is 2.64. The predicted octanol–water partition coefficient (Wildman–Crippen LogP) is 1.13. The number of aromatic nitrogens is 2. The Hall–Kier alpha value is -0.790. The van der Waals surface area contributed by atoms with Gasteiger partial charge in [-0.25, -0.2) is 0 Å². The number of aliphatic hydroxyl groups excluding tert-OH is 1. The topological polar surface area (TPSA) is 64.1 Å². The van der Waals surface area contributed by atoms with E-state index in [0.29, 0.717) is 0 Å². The van der Waals surface area contributed by atoms with Crippen LogP contribution >= 0.6 is 11.6 Å². The van der Waals surface area contributed by atoms with E-state index in [4.69, 9.17) is 22.4 Å². The van der Waals surface area contributed by atoms with Crippen LogP contribution in [0.5, 0.6) is 0 Å². The average molecular weight is 258 g/mol. The number of aryl methyl sites for hydroxylation is 1. The number of rotatable bonds is 3. The van der Waals surface area contributed by atoms with Crippen molar-refractivity contribution in [3.63, 3.8) is 0 Å². The Morgan fingerprint density at radius 2 is 2.12 bits per heavy atom. The van der Waals surface area contributed by atoms with E-state index in [1.807, 2.05) is 0 Å². The first kappa shape index (κ1) is 13.3. The lowest BCUT2D eigenvalue weighted by Gasteiger charge is -2.13. The summed E-state index contributed by atoms with van der Waals surface area (Å²) in [6.45, 7) is -0.643. The molecule has 1 unspecified atom stereocenters. The fourth-order valence-corrected chi connectivity index (χ4v) is 1.66. The highest BCUT2D eigenvalue weighted by Crippen LogP contribution is 2.37. The highest BCUT2D eigenvalue weighted by molar-refractivity contribution is 6.30. The Balaban J connectivity index is 3.34. The largest absolute Gasteiger partial charge is 0.435 e. The van der Waals surface area contributed by atoms with Crippen molar-refractivity contribution in [2.75, 3.05) is 13.2 Å². The van der Waals surface area contributed by atoms with Gasteiger partial charge in [0, 0.05) is 25.1 Å². The fraction of sp³-hybridized carbons (Fsp3) is 0.625. The van der Waals surface area contributed by atoms with Gasteiger partial charge in [-0.15, -0.1) is 0 Å². The van der Waals surface area contributed by atoms with Crippen LogP contribution in [0.2, 0.25) is 5.15 Å². The molecular formula is C8H11ClF3N3O. The van der Waals surface area contributed by atoms with E-state index in [0.717, 1.165) is 4.68 Å². The Bertz CT molecular complexity index is 373. The zero-order chi connectivity index (χ0) is 12.5. The highest BCUT2D eigenvalue weighted by Gasteiger charge is 2.40. The molecule has 92 valence electrons. The van der Waals surface area contributed by atoms with Gasteiger partial charge in [-0.3, -0.25) is 4.68 Å². The minimum atomic E-state index is -4.61. The molecule has 0 bridgehead atoms. The van der Waals surface area contributed by atoms with Crippen molar-refractivity contribution in [2.24, 2.45) is 12.8 Å². The summed E-state index contributed by atoms with van der Waals surface area (Å²) < 4.78 is 38.8. The van der Waals surface area contributed by atoms with E-state index in [1.165, 1.54) is 7.05 Å². The van der Waals surface area contributed by atoms with Gasteiger partial charge in [-0.05, 0) is 0 Å². The summed E-state index contributed by atoms with van der Waals surface area (Å²) in [7, 11) is 1.30. The lowest BCUT2D eigenvalue weighted by Crippen LogP contribution is -2.20. The van der Waals surface area contributed by atoms with Gasteiger partial charge in [0.2, 0.25) is 0 Å². The molecule has 0 radical (unpaired) electrons. The van der Waals surface area contributed by atoms with Gasteiger partial charge in [0.15, 0.2) is 5.69 Å². The molecule has 0 aliphatic heterocycles. The number of aliphatic hydroxyl groups is 1. The zero-order valence-corrected chi connectivity index (χ0v) is 9.18. The Morgan fingerprint density at radius 1 is 1.56 bits per heavy atom. The molecule has 3 N–H and O–H groups in total. The van der Waals surface area contributed by atoms with Gasteiger partial charge in [0.25, 0.3) is 0 Å². The lowest BCUT2D eigenvalue weighted by molar-refractivity contribution is -0.142. The molecule has 16 heavy (non-hydrogen) atoms. The van der Waals surface area contributed by atoms with Crippen LogP contribution < -0.4 is 5.73 Å². The minimum absolute atomic E-state index is 0.134. The summed E-state index contributed by atoms with van der Waals surface area (Å²) in [6.07, 6.45) is -4.61. The Kier molecular flexibility index (Phi) is 3.82. The highest BCUT2D eigenvalue weighted by atomic mass is 35.5. The molecule has 0 saturated heterocycles. The number of halogens is 4. The predicted molar refractivity (Wildman–Crippen MR) is 52.1 cm³/mol. The van der Waals surface area contributed by atoms with Gasteiger partial charge in [0.1, 0.15) is 5.15 Å². The summed E-state index contributed by atoms with van der Waals surface area (Å²) in [5.41, 5.74) is 3.94. The van der Waals surface area contributed by atoms with Crippen LogP contribution in [0, 0.1) is 0 Å². The van der Waals surface area contributed by atoms with E-state index in [-0.39, 0.29) is 17.3 Å². The summed E-state index contributed by atoms with van der Waals surface area (Å²) in [4.78, 5) is 0. The smallest absolute Gasteiger partial charge is 0.396 e. The normalized spacial score (nSPS) is 14.2. The van der Waals surface area contributed by atoms with Crippen LogP contribution in [-0.2, 0) is 13.2 Å². The van der Waals surface area contributed by atoms with Gasteiger partial charge in [-0.2, -0.15) is 18.3 Å². The second-order valence-corrected chi connectivity index (χ2v) is 3.65. The zero-order valence-electron chi connectivity index (χ0n) is 8.42. The van der Waals surface area contributed by atoms with Crippen molar-refractivity contribution in [3.8, 4) is 0 Å². The molecule has 0 saturated carbocycles. The quantitative estimate of drug-likeness (QED) is 0.853. The first-order valence-corrected chi connectivity index (χ1v) is 4.81. The van der Waals surface area contributed by atoms with E-state index in [2.05, 4.69) is 5.10 Å². The first-order chi connectivity index (χ1) is 7.32. The third-order valence-electron chi connectivity index (χ3n) is 2.19. The van der Waals surface area contributed by atoms with Gasteiger partial charge in [-0.1, -0.05) is 11.6 Å². The fourth-order valence-electron chi connectivity index (χ4n) is 1.37. The monoisotopic (exact) mass is 257 g/mol. The van der Waals surface area contributed by atoms with Crippen molar-refractivity contribution in [3.05, 3.63) is 16.4 Å². The van der Waals surface area contributed by atoms with Crippen molar-refractivity contribution >= 4 is 11.6 Å². The molecule has 1 atom stereocenters. The van der Waals surface area contributed by atoms with Crippen molar-refractivity contribution in [2.45, 2.75) is 12.1 Å². The molecule has 1 aromatic rings. The van der Waals surface area contributed by atoms with Crippen molar-refractivity contribution < 1.29 is 18.3 Å². The molecule has 1 rings (SSSR count). The Labute approximate surface area is 94.8 Å². The van der Waals surface area contributed by atoms with Crippen molar-refractivity contribution in [1.29, 1.82) is 0 Å². The third kappa shape index (κ3) is 2.31. The number of alkyl halides is 3. The SMILES string of the molecule is Cn1nc(C(F)(F)F)c(C(CN)CO)c1Cl.